The summed E-state index contributed by atoms with van der Waals surface area (Å²) in [6.45, 7) is 0.402. The summed E-state index contributed by atoms with van der Waals surface area (Å²) in [4.78, 5) is 32.9. The van der Waals surface area contributed by atoms with Crippen LogP contribution in [0.1, 0.15) is 29.7 Å². The second-order valence-corrected chi connectivity index (χ2v) is 7.70. The molecule has 29 heavy (non-hydrogen) atoms. The second kappa shape index (κ2) is 8.62. The molecule has 1 atom stereocenters. The van der Waals surface area contributed by atoms with Crippen LogP contribution in [-0.4, -0.2) is 15.9 Å². The third-order valence-electron chi connectivity index (χ3n) is 5.40. The van der Waals surface area contributed by atoms with Crippen molar-refractivity contribution in [2.24, 2.45) is 5.92 Å². The molecular weight excluding hydrogens is 386 g/mol. The number of aromatic nitrogens is 2. The van der Waals surface area contributed by atoms with Gasteiger partial charge in [-0.25, -0.2) is 4.98 Å². The lowest BCUT2D eigenvalue weighted by Crippen LogP contribution is -2.30. The molecule has 6 heteroatoms. The monoisotopic (exact) mass is 407 g/mol. The molecule has 0 fully saturated rings. The Hall–Kier alpha value is -2.92. The molecule has 1 aromatic heterocycles. The lowest BCUT2D eigenvalue weighted by molar-refractivity contribution is -0.125. The summed E-state index contributed by atoms with van der Waals surface area (Å²) in [5, 5.41) is 3.63. The number of carbonyl (C=O) groups excluding carboxylic acids is 1. The molecule has 0 saturated heterocycles. The van der Waals surface area contributed by atoms with Crippen LogP contribution in [0.4, 0.5) is 0 Å². The third-order valence-corrected chi connectivity index (χ3v) is 5.77. The first-order valence-corrected chi connectivity index (χ1v) is 10.2. The average molecular weight is 408 g/mol. The minimum Gasteiger partial charge on any atom is -0.352 e. The molecule has 1 heterocycles. The van der Waals surface area contributed by atoms with E-state index in [1.807, 2.05) is 54.6 Å². The van der Waals surface area contributed by atoms with Gasteiger partial charge in [0, 0.05) is 28.6 Å². The van der Waals surface area contributed by atoms with Crippen LogP contribution in [0.25, 0.3) is 11.4 Å². The Kier molecular flexibility index (Phi) is 5.76. The predicted octanol–water partition coefficient (Wildman–Crippen LogP) is 3.90. The van der Waals surface area contributed by atoms with E-state index >= 15 is 0 Å². The zero-order valence-corrected chi connectivity index (χ0v) is 16.7. The number of amides is 1. The number of benzene rings is 2. The van der Waals surface area contributed by atoms with Gasteiger partial charge in [-0.1, -0.05) is 60.1 Å². The lowest BCUT2D eigenvalue weighted by atomic mass is 9.98. The number of hydrogen-bond donors (Lipinski definition) is 2. The normalized spacial score (nSPS) is 16.0. The summed E-state index contributed by atoms with van der Waals surface area (Å²) in [6.07, 6.45) is 2.48. The summed E-state index contributed by atoms with van der Waals surface area (Å²) >= 11 is 6.17. The predicted molar refractivity (Wildman–Crippen MR) is 114 cm³/mol. The first kappa shape index (κ1) is 19.4. The second-order valence-electron chi connectivity index (χ2n) is 7.29. The number of fused-ring (bicyclic) bond motifs is 1. The van der Waals surface area contributed by atoms with Crippen LogP contribution in [0.3, 0.4) is 0 Å². The topological polar surface area (TPSA) is 74.8 Å². The highest BCUT2D eigenvalue weighted by molar-refractivity contribution is 6.31. The molecule has 0 radical (unpaired) electrons. The molecule has 2 aromatic carbocycles. The number of hydrogen-bond acceptors (Lipinski definition) is 3. The van der Waals surface area contributed by atoms with Crippen molar-refractivity contribution < 1.29 is 4.79 Å². The Morgan fingerprint density at radius 2 is 1.79 bits per heavy atom. The Morgan fingerprint density at radius 1 is 1.07 bits per heavy atom. The highest BCUT2D eigenvalue weighted by Crippen LogP contribution is 2.24. The largest absolute Gasteiger partial charge is 0.352 e. The SMILES string of the molecule is O=C(NCc1ccccc1Cl)C1CCc2nc(-c3ccccc3)[nH]c(=O)c2CC1. The van der Waals surface area contributed by atoms with E-state index in [0.29, 0.717) is 48.6 Å². The fraction of sp³-hybridized carbons (Fsp3) is 0.261. The van der Waals surface area contributed by atoms with Gasteiger partial charge >= 0.3 is 0 Å². The van der Waals surface area contributed by atoms with Crippen molar-refractivity contribution in [3.8, 4) is 11.4 Å². The van der Waals surface area contributed by atoms with E-state index in [2.05, 4.69) is 10.3 Å². The number of nitrogens with zero attached hydrogens (tertiary/aromatic N) is 1. The van der Waals surface area contributed by atoms with Crippen molar-refractivity contribution in [2.75, 3.05) is 0 Å². The number of halogens is 1. The zero-order chi connectivity index (χ0) is 20.2. The van der Waals surface area contributed by atoms with E-state index in [-0.39, 0.29) is 17.4 Å². The van der Waals surface area contributed by atoms with Crippen molar-refractivity contribution in [2.45, 2.75) is 32.2 Å². The van der Waals surface area contributed by atoms with Crippen LogP contribution in [-0.2, 0) is 24.2 Å². The molecule has 0 aliphatic heterocycles. The van der Waals surface area contributed by atoms with E-state index in [1.54, 1.807) is 0 Å². The minimum atomic E-state index is -0.147. The van der Waals surface area contributed by atoms with E-state index in [4.69, 9.17) is 16.6 Å². The number of carbonyl (C=O) groups is 1. The van der Waals surface area contributed by atoms with Gasteiger partial charge in [-0.15, -0.1) is 0 Å². The quantitative estimate of drug-likeness (QED) is 0.644. The lowest BCUT2D eigenvalue weighted by Gasteiger charge is -2.14. The Labute approximate surface area is 174 Å². The van der Waals surface area contributed by atoms with Crippen LogP contribution in [0.5, 0.6) is 0 Å². The van der Waals surface area contributed by atoms with Crippen LogP contribution >= 0.6 is 11.6 Å². The molecular formula is C23H22ClN3O2. The third kappa shape index (κ3) is 4.40. The molecule has 0 saturated carbocycles. The van der Waals surface area contributed by atoms with Crippen molar-refractivity contribution >= 4 is 17.5 Å². The van der Waals surface area contributed by atoms with Gasteiger partial charge in [0.2, 0.25) is 5.91 Å². The first-order valence-electron chi connectivity index (χ1n) is 9.80. The maximum absolute atomic E-state index is 12.7. The molecule has 1 aliphatic carbocycles. The summed E-state index contributed by atoms with van der Waals surface area (Å²) in [6, 6.07) is 17.1. The van der Waals surface area contributed by atoms with Crippen LogP contribution in [0.15, 0.2) is 59.4 Å². The molecule has 5 nitrogen and oxygen atoms in total. The van der Waals surface area contributed by atoms with Gasteiger partial charge in [0.05, 0.1) is 5.69 Å². The minimum absolute atomic E-state index is 0.00237. The van der Waals surface area contributed by atoms with E-state index < -0.39 is 0 Å². The Bertz CT molecular complexity index is 1080. The number of aromatic amines is 1. The molecule has 1 unspecified atom stereocenters. The van der Waals surface area contributed by atoms with E-state index in [9.17, 15) is 9.59 Å². The maximum Gasteiger partial charge on any atom is 0.254 e. The summed E-state index contributed by atoms with van der Waals surface area (Å²) in [5.41, 5.74) is 3.17. The molecule has 3 aromatic rings. The van der Waals surface area contributed by atoms with Crippen LogP contribution < -0.4 is 10.9 Å². The summed E-state index contributed by atoms with van der Waals surface area (Å²) in [7, 11) is 0. The van der Waals surface area contributed by atoms with E-state index in [1.165, 1.54) is 0 Å². The fourth-order valence-electron chi connectivity index (χ4n) is 3.75. The average Bonchev–Trinajstić information content (AvgIpc) is 2.97. The molecule has 1 aliphatic rings. The first-order chi connectivity index (χ1) is 14.1. The van der Waals surface area contributed by atoms with Gasteiger partial charge < -0.3 is 10.3 Å². The van der Waals surface area contributed by atoms with Gasteiger partial charge in [0.25, 0.3) is 5.56 Å². The molecule has 2 N–H and O–H groups in total. The van der Waals surface area contributed by atoms with Crippen LogP contribution in [0.2, 0.25) is 5.02 Å². The Morgan fingerprint density at radius 3 is 2.59 bits per heavy atom. The van der Waals surface area contributed by atoms with Crippen molar-refractivity contribution in [1.82, 2.24) is 15.3 Å². The van der Waals surface area contributed by atoms with Gasteiger partial charge in [-0.2, -0.15) is 0 Å². The highest BCUT2D eigenvalue weighted by Gasteiger charge is 2.25. The smallest absolute Gasteiger partial charge is 0.254 e. The van der Waals surface area contributed by atoms with E-state index in [0.717, 1.165) is 16.8 Å². The number of nitrogens with one attached hydrogen (secondary N) is 2. The maximum atomic E-state index is 12.7. The van der Waals surface area contributed by atoms with Gasteiger partial charge in [-0.3, -0.25) is 9.59 Å². The van der Waals surface area contributed by atoms with Gasteiger partial charge in [0.1, 0.15) is 5.82 Å². The molecule has 4 rings (SSSR count). The van der Waals surface area contributed by atoms with Gasteiger partial charge in [0.15, 0.2) is 0 Å². The zero-order valence-electron chi connectivity index (χ0n) is 16.0. The molecule has 148 valence electrons. The standard InChI is InChI=1S/C23H22ClN3O2/c24-19-9-5-4-8-17(19)14-25-22(28)16-10-12-18-20(13-11-16)26-21(27-23(18)29)15-6-2-1-3-7-15/h1-9,16H,10-14H2,(H,25,28)(H,26,27,29). The van der Waals surface area contributed by atoms with Crippen LogP contribution in [0, 0.1) is 5.92 Å². The van der Waals surface area contributed by atoms with Crippen molar-refractivity contribution in [3.63, 3.8) is 0 Å². The van der Waals surface area contributed by atoms with Crippen molar-refractivity contribution in [3.05, 3.63) is 86.8 Å². The summed E-state index contributed by atoms with van der Waals surface area (Å²) < 4.78 is 0. The number of rotatable bonds is 4. The molecule has 0 spiro atoms. The van der Waals surface area contributed by atoms with Crippen molar-refractivity contribution in [1.29, 1.82) is 0 Å². The number of H-pyrrole nitrogens is 1. The fourth-order valence-corrected chi connectivity index (χ4v) is 3.95. The summed E-state index contributed by atoms with van der Waals surface area (Å²) in [5.74, 6) is 0.430. The highest BCUT2D eigenvalue weighted by atomic mass is 35.5. The van der Waals surface area contributed by atoms with Gasteiger partial charge in [-0.05, 0) is 37.3 Å². The molecule has 0 bridgehead atoms. The Balaban J connectivity index is 1.46. The molecule has 1 amide bonds. The number of aryl methyl sites for hydroxylation is 1.